The minimum Gasteiger partial charge on any atom is -0.303 e. The van der Waals surface area contributed by atoms with Gasteiger partial charge in [-0.25, -0.2) is 0 Å². The minimum absolute atomic E-state index is 0.0869. The molecule has 0 aromatic heterocycles. The van der Waals surface area contributed by atoms with Gasteiger partial charge in [0.25, 0.3) is 0 Å². The van der Waals surface area contributed by atoms with Crippen molar-refractivity contribution in [2.24, 2.45) is 5.92 Å². The quantitative estimate of drug-likeness (QED) is 0.546. The molecule has 10 heavy (non-hydrogen) atoms. The van der Waals surface area contributed by atoms with Crippen molar-refractivity contribution < 1.29 is 9.59 Å². The lowest BCUT2D eigenvalue weighted by molar-refractivity contribution is -0.117. The van der Waals surface area contributed by atoms with Crippen LogP contribution in [0.1, 0.15) is 33.1 Å². The van der Waals surface area contributed by atoms with Crippen LogP contribution >= 0.6 is 0 Å². The first-order valence-electron chi connectivity index (χ1n) is 3.65. The molecule has 0 aliphatic heterocycles. The molecule has 0 saturated carbocycles. The molecule has 1 unspecified atom stereocenters. The molecule has 2 heteroatoms. The van der Waals surface area contributed by atoms with Gasteiger partial charge in [-0.1, -0.05) is 6.92 Å². The summed E-state index contributed by atoms with van der Waals surface area (Å²) >= 11 is 0. The predicted molar refractivity (Wildman–Crippen MR) is 39.8 cm³/mol. The summed E-state index contributed by atoms with van der Waals surface area (Å²) < 4.78 is 0. The largest absolute Gasteiger partial charge is 0.303 e. The molecule has 0 aromatic rings. The summed E-state index contributed by atoms with van der Waals surface area (Å²) in [6.45, 7) is 3.51. The monoisotopic (exact) mass is 142 g/mol. The van der Waals surface area contributed by atoms with E-state index in [4.69, 9.17) is 0 Å². The molecule has 0 aromatic carbocycles. The van der Waals surface area contributed by atoms with Gasteiger partial charge in [0, 0.05) is 12.3 Å². The zero-order valence-corrected chi connectivity index (χ0v) is 6.59. The highest BCUT2D eigenvalue weighted by molar-refractivity contribution is 5.75. The summed E-state index contributed by atoms with van der Waals surface area (Å²) in [7, 11) is 0. The van der Waals surface area contributed by atoms with Gasteiger partial charge in [0.1, 0.15) is 12.1 Å². The molecule has 58 valence electrons. The van der Waals surface area contributed by atoms with E-state index in [1.165, 1.54) is 0 Å². The molecule has 0 spiro atoms. The number of Topliss-reactive ketones (excluding diaryl/α,β-unsaturated/α-hetero) is 1. The van der Waals surface area contributed by atoms with E-state index in [0.717, 1.165) is 19.1 Å². The molecular formula is C8H14O2. The van der Waals surface area contributed by atoms with E-state index < -0.39 is 0 Å². The van der Waals surface area contributed by atoms with Gasteiger partial charge in [-0.05, 0) is 19.8 Å². The highest BCUT2D eigenvalue weighted by Crippen LogP contribution is 2.07. The number of hydrogen-bond acceptors (Lipinski definition) is 2. The maximum atomic E-state index is 10.5. The molecule has 2 nitrogen and oxygen atoms in total. The van der Waals surface area contributed by atoms with Crippen molar-refractivity contribution in [3.05, 3.63) is 0 Å². The molecular weight excluding hydrogens is 128 g/mol. The summed E-state index contributed by atoms with van der Waals surface area (Å²) in [6, 6.07) is 0. The second-order valence-corrected chi connectivity index (χ2v) is 2.55. The smallest absolute Gasteiger partial charge is 0.129 e. The molecule has 0 amide bonds. The van der Waals surface area contributed by atoms with E-state index in [1.807, 2.05) is 6.92 Å². The second-order valence-electron chi connectivity index (χ2n) is 2.55. The van der Waals surface area contributed by atoms with Gasteiger partial charge in [-0.15, -0.1) is 0 Å². The number of hydrogen-bond donors (Lipinski definition) is 0. The minimum atomic E-state index is 0.0869. The van der Waals surface area contributed by atoms with Crippen LogP contribution in [0.15, 0.2) is 0 Å². The highest BCUT2D eigenvalue weighted by Gasteiger charge is 2.04. The number of carbonyl (C=O) groups is 2. The zero-order valence-electron chi connectivity index (χ0n) is 6.59. The Bertz CT molecular complexity index is 118. The van der Waals surface area contributed by atoms with Crippen LogP contribution in [-0.2, 0) is 9.59 Å². The maximum absolute atomic E-state index is 10.5. The summed E-state index contributed by atoms with van der Waals surface area (Å²) in [4.78, 5) is 20.7. The van der Waals surface area contributed by atoms with E-state index in [0.29, 0.717) is 6.42 Å². The average molecular weight is 142 g/mol. The first-order chi connectivity index (χ1) is 4.70. The van der Waals surface area contributed by atoms with Gasteiger partial charge in [-0.2, -0.15) is 0 Å². The van der Waals surface area contributed by atoms with Gasteiger partial charge in [0.15, 0.2) is 0 Å². The fourth-order valence-corrected chi connectivity index (χ4v) is 0.757. The lowest BCUT2D eigenvalue weighted by atomic mass is 10.0. The van der Waals surface area contributed by atoms with Crippen molar-refractivity contribution in [3.8, 4) is 0 Å². The fourth-order valence-electron chi connectivity index (χ4n) is 0.757. The Morgan fingerprint density at radius 2 is 2.20 bits per heavy atom. The van der Waals surface area contributed by atoms with Crippen molar-refractivity contribution in [2.75, 3.05) is 0 Å². The Morgan fingerprint density at radius 3 is 2.50 bits per heavy atom. The molecule has 1 atom stereocenters. The molecule has 0 rings (SSSR count). The topological polar surface area (TPSA) is 34.1 Å². The van der Waals surface area contributed by atoms with E-state index in [9.17, 15) is 9.59 Å². The van der Waals surface area contributed by atoms with Crippen LogP contribution < -0.4 is 0 Å². The van der Waals surface area contributed by atoms with Crippen LogP contribution in [0.5, 0.6) is 0 Å². The lowest BCUT2D eigenvalue weighted by Gasteiger charge is -2.02. The molecule has 0 aliphatic rings. The summed E-state index contributed by atoms with van der Waals surface area (Å²) in [5.74, 6) is 0.254. The third kappa shape index (κ3) is 4.24. The van der Waals surface area contributed by atoms with Crippen LogP contribution in [0.3, 0.4) is 0 Å². The number of carbonyl (C=O) groups excluding carboxylic acids is 2. The fraction of sp³-hybridized carbons (Fsp3) is 0.750. The van der Waals surface area contributed by atoms with E-state index in [2.05, 4.69) is 0 Å². The molecule has 0 aliphatic carbocycles. The van der Waals surface area contributed by atoms with Crippen molar-refractivity contribution in [1.82, 2.24) is 0 Å². The summed E-state index contributed by atoms with van der Waals surface area (Å²) in [5.41, 5.74) is 0. The zero-order chi connectivity index (χ0) is 7.98. The van der Waals surface area contributed by atoms with Crippen LogP contribution in [0.4, 0.5) is 0 Å². The standard InChI is InChI=1S/C8H14O2/c1-3-8(6-9)5-4-7(2)10/h6,8H,3-5H2,1-2H3. The summed E-state index contributed by atoms with van der Waals surface area (Å²) in [5, 5.41) is 0. The van der Waals surface area contributed by atoms with Crippen molar-refractivity contribution >= 4 is 12.1 Å². The summed E-state index contributed by atoms with van der Waals surface area (Å²) in [6.07, 6.45) is 3.03. The number of ketones is 1. The van der Waals surface area contributed by atoms with Crippen LogP contribution in [0.25, 0.3) is 0 Å². The van der Waals surface area contributed by atoms with Crippen molar-refractivity contribution in [2.45, 2.75) is 33.1 Å². The van der Waals surface area contributed by atoms with Gasteiger partial charge >= 0.3 is 0 Å². The van der Waals surface area contributed by atoms with Gasteiger partial charge in [0.2, 0.25) is 0 Å². The normalized spacial score (nSPS) is 12.6. The first-order valence-corrected chi connectivity index (χ1v) is 3.65. The third-order valence-corrected chi connectivity index (χ3v) is 1.58. The van der Waals surface area contributed by atoms with Crippen LogP contribution in [-0.4, -0.2) is 12.1 Å². The van der Waals surface area contributed by atoms with Crippen molar-refractivity contribution in [1.29, 1.82) is 0 Å². The highest BCUT2D eigenvalue weighted by atomic mass is 16.1. The third-order valence-electron chi connectivity index (χ3n) is 1.58. The van der Waals surface area contributed by atoms with Gasteiger partial charge in [0.05, 0.1) is 0 Å². The Balaban J connectivity index is 3.44. The Hall–Kier alpha value is -0.660. The SMILES string of the molecule is CCC(C=O)CCC(C)=O. The van der Waals surface area contributed by atoms with Crippen LogP contribution in [0, 0.1) is 5.92 Å². The van der Waals surface area contributed by atoms with E-state index >= 15 is 0 Å². The number of aldehydes is 1. The first kappa shape index (κ1) is 9.34. The lowest BCUT2D eigenvalue weighted by Crippen LogP contribution is -2.02. The molecule has 0 radical (unpaired) electrons. The Morgan fingerprint density at radius 1 is 1.60 bits per heavy atom. The maximum Gasteiger partial charge on any atom is 0.129 e. The Kier molecular flexibility index (Phi) is 4.81. The van der Waals surface area contributed by atoms with Crippen molar-refractivity contribution in [3.63, 3.8) is 0 Å². The van der Waals surface area contributed by atoms with E-state index in [-0.39, 0.29) is 11.7 Å². The van der Waals surface area contributed by atoms with Gasteiger partial charge < -0.3 is 9.59 Å². The van der Waals surface area contributed by atoms with Gasteiger partial charge in [-0.3, -0.25) is 0 Å². The number of rotatable bonds is 5. The molecule has 0 N–H and O–H groups in total. The average Bonchev–Trinajstić information content (AvgIpc) is 1.90. The van der Waals surface area contributed by atoms with E-state index in [1.54, 1.807) is 6.92 Å². The predicted octanol–water partition coefficient (Wildman–Crippen LogP) is 1.58. The molecule has 0 heterocycles. The second kappa shape index (κ2) is 5.15. The molecule has 0 fully saturated rings. The molecule has 0 bridgehead atoms. The molecule has 0 saturated heterocycles. The van der Waals surface area contributed by atoms with Crippen LogP contribution in [0.2, 0.25) is 0 Å². The Labute approximate surface area is 61.6 Å².